The molecule has 0 spiro atoms. The second kappa shape index (κ2) is 5.80. The van der Waals surface area contributed by atoms with Crippen molar-refractivity contribution < 1.29 is 9.47 Å². The first kappa shape index (κ1) is 12.8. The van der Waals surface area contributed by atoms with Crippen molar-refractivity contribution in [3.63, 3.8) is 0 Å². The lowest BCUT2D eigenvalue weighted by molar-refractivity contribution is 0.171. The SMILES string of the molecule is NCC(c1ccc2c(c1)OCCO2)C1CCCCN1. The van der Waals surface area contributed by atoms with Gasteiger partial charge in [0.1, 0.15) is 13.2 Å². The van der Waals surface area contributed by atoms with Gasteiger partial charge in [-0.05, 0) is 37.1 Å². The molecule has 2 aliphatic heterocycles. The first-order valence-corrected chi connectivity index (χ1v) is 7.21. The van der Waals surface area contributed by atoms with Gasteiger partial charge in [0.05, 0.1) is 0 Å². The van der Waals surface area contributed by atoms with Gasteiger partial charge in [0.2, 0.25) is 0 Å². The summed E-state index contributed by atoms with van der Waals surface area (Å²) in [7, 11) is 0. The summed E-state index contributed by atoms with van der Waals surface area (Å²) < 4.78 is 11.2. The molecule has 2 atom stereocenters. The highest BCUT2D eigenvalue weighted by molar-refractivity contribution is 5.45. The Morgan fingerprint density at radius 3 is 2.79 bits per heavy atom. The van der Waals surface area contributed by atoms with E-state index in [-0.39, 0.29) is 0 Å². The minimum Gasteiger partial charge on any atom is -0.486 e. The monoisotopic (exact) mass is 262 g/mol. The van der Waals surface area contributed by atoms with Crippen LogP contribution in [0, 0.1) is 0 Å². The van der Waals surface area contributed by atoms with E-state index in [9.17, 15) is 0 Å². The molecule has 1 saturated heterocycles. The number of piperidine rings is 1. The Kier molecular flexibility index (Phi) is 3.89. The lowest BCUT2D eigenvalue weighted by atomic mass is 9.86. The van der Waals surface area contributed by atoms with Crippen molar-refractivity contribution in [2.24, 2.45) is 5.73 Å². The molecule has 0 saturated carbocycles. The molecule has 0 aliphatic carbocycles. The van der Waals surface area contributed by atoms with Gasteiger partial charge in [-0.15, -0.1) is 0 Å². The second-order valence-corrected chi connectivity index (χ2v) is 5.30. The summed E-state index contributed by atoms with van der Waals surface area (Å²) >= 11 is 0. The van der Waals surface area contributed by atoms with E-state index in [4.69, 9.17) is 15.2 Å². The Labute approximate surface area is 114 Å². The van der Waals surface area contributed by atoms with Crippen LogP contribution in [0.1, 0.15) is 30.7 Å². The van der Waals surface area contributed by atoms with E-state index < -0.39 is 0 Å². The van der Waals surface area contributed by atoms with Crippen molar-refractivity contribution in [1.29, 1.82) is 0 Å². The molecule has 3 rings (SSSR count). The van der Waals surface area contributed by atoms with Crippen molar-refractivity contribution in [2.75, 3.05) is 26.3 Å². The molecule has 104 valence electrons. The molecule has 3 N–H and O–H groups in total. The van der Waals surface area contributed by atoms with Gasteiger partial charge in [-0.2, -0.15) is 0 Å². The Balaban J connectivity index is 1.82. The highest BCUT2D eigenvalue weighted by Crippen LogP contribution is 2.34. The van der Waals surface area contributed by atoms with Crippen molar-refractivity contribution in [3.05, 3.63) is 23.8 Å². The second-order valence-electron chi connectivity index (χ2n) is 5.30. The zero-order chi connectivity index (χ0) is 13.1. The van der Waals surface area contributed by atoms with E-state index in [1.807, 2.05) is 6.07 Å². The maximum Gasteiger partial charge on any atom is 0.161 e. The van der Waals surface area contributed by atoms with Gasteiger partial charge in [0, 0.05) is 18.5 Å². The largest absolute Gasteiger partial charge is 0.486 e. The predicted molar refractivity (Wildman–Crippen MR) is 74.9 cm³/mol. The fraction of sp³-hybridized carbons (Fsp3) is 0.600. The fourth-order valence-corrected chi connectivity index (χ4v) is 3.05. The van der Waals surface area contributed by atoms with Crippen LogP contribution in [-0.4, -0.2) is 32.3 Å². The highest BCUT2D eigenvalue weighted by atomic mass is 16.6. The fourth-order valence-electron chi connectivity index (χ4n) is 3.05. The third-order valence-electron chi connectivity index (χ3n) is 4.08. The summed E-state index contributed by atoms with van der Waals surface area (Å²) in [6.07, 6.45) is 3.77. The molecule has 2 heterocycles. The molecule has 1 aromatic rings. The molecule has 4 heteroatoms. The van der Waals surface area contributed by atoms with E-state index in [2.05, 4.69) is 17.4 Å². The van der Waals surface area contributed by atoms with E-state index in [1.165, 1.54) is 24.8 Å². The molecule has 1 fully saturated rings. The minimum absolute atomic E-state index is 0.358. The average molecular weight is 262 g/mol. The molecule has 0 aromatic heterocycles. The highest BCUT2D eigenvalue weighted by Gasteiger charge is 2.25. The Morgan fingerprint density at radius 1 is 1.21 bits per heavy atom. The smallest absolute Gasteiger partial charge is 0.161 e. The Hall–Kier alpha value is -1.26. The number of ether oxygens (including phenoxy) is 2. The number of benzene rings is 1. The summed E-state index contributed by atoms with van der Waals surface area (Å²) in [4.78, 5) is 0. The molecule has 1 aromatic carbocycles. The Morgan fingerprint density at radius 2 is 2.05 bits per heavy atom. The molecule has 19 heavy (non-hydrogen) atoms. The normalized spacial score (nSPS) is 23.9. The quantitative estimate of drug-likeness (QED) is 0.869. The van der Waals surface area contributed by atoms with Crippen LogP contribution in [0.5, 0.6) is 11.5 Å². The van der Waals surface area contributed by atoms with Crippen LogP contribution in [0.3, 0.4) is 0 Å². The van der Waals surface area contributed by atoms with E-state index >= 15 is 0 Å². The topological polar surface area (TPSA) is 56.5 Å². The minimum atomic E-state index is 0.358. The molecular formula is C15H22N2O2. The molecule has 2 aliphatic rings. The van der Waals surface area contributed by atoms with Gasteiger partial charge in [-0.25, -0.2) is 0 Å². The predicted octanol–water partition coefficient (Wildman–Crippen LogP) is 1.64. The zero-order valence-electron chi connectivity index (χ0n) is 11.2. The van der Waals surface area contributed by atoms with Gasteiger partial charge < -0.3 is 20.5 Å². The van der Waals surface area contributed by atoms with Crippen LogP contribution in [0.4, 0.5) is 0 Å². The van der Waals surface area contributed by atoms with Crippen molar-refractivity contribution in [3.8, 4) is 11.5 Å². The first-order valence-electron chi connectivity index (χ1n) is 7.21. The van der Waals surface area contributed by atoms with Crippen molar-refractivity contribution >= 4 is 0 Å². The maximum atomic E-state index is 6.00. The van der Waals surface area contributed by atoms with Gasteiger partial charge in [0.15, 0.2) is 11.5 Å². The van der Waals surface area contributed by atoms with Gasteiger partial charge in [-0.3, -0.25) is 0 Å². The molecule has 2 unspecified atom stereocenters. The number of nitrogens with one attached hydrogen (secondary N) is 1. The van der Waals surface area contributed by atoms with Crippen molar-refractivity contribution in [1.82, 2.24) is 5.32 Å². The summed E-state index contributed by atoms with van der Waals surface area (Å²) in [5.41, 5.74) is 7.26. The van der Waals surface area contributed by atoms with Crippen LogP contribution in [-0.2, 0) is 0 Å². The summed E-state index contributed by atoms with van der Waals surface area (Å²) in [5.74, 6) is 2.07. The molecule has 0 bridgehead atoms. The molecule has 4 nitrogen and oxygen atoms in total. The van der Waals surface area contributed by atoms with E-state index in [0.717, 1.165) is 18.0 Å². The summed E-state index contributed by atoms with van der Waals surface area (Å²) in [5, 5.41) is 3.60. The summed E-state index contributed by atoms with van der Waals surface area (Å²) in [6.45, 7) is 3.03. The van der Waals surface area contributed by atoms with E-state index in [1.54, 1.807) is 0 Å². The molecular weight excluding hydrogens is 240 g/mol. The lowest BCUT2D eigenvalue weighted by Gasteiger charge is -2.31. The van der Waals surface area contributed by atoms with E-state index in [0.29, 0.717) is 31.7 Å². The van der Waals surface area contributed by atoms with Crippen LogP contribution < -0.4 is 20.5 Å². The number of nitrogens with two attached hydrogens (primary N) is 1. The van der Waals surface area contributed by atoms with Gasteiger partial charge in [0.25, 0.3) is 0 Å². The third-order valence-corrected chi connectivity index (χ3v) is 4.08. The third kappa shape index (κ3) is 2.69. The Bertz CT molecular complexity index is 430. The van der Waals surface area contributed by atoms with Crippen LogP contribution >= 0.6 is 0 Å². The number of hydrogen-bond donors (Lipinski definition) is 2. The number of rotatable bonds is 3. The number of hydrogen-bond acceptors (Lipinski definition) is 4. The first-order chi connectivity index (χ1) is 9.38. The molecule has 0 radical (unpaired) electrons. The summed E-state index contributed by atoms with van der Waals surface area (Å²) in [6, 6.07) is 6.72. The van der Waals surface area contributed by atoms with Gasteiger partial charge >= 0.3 is 0 Å². The lowest BCUT2D eigenvalue weighted by Crippen LogP contribution is -2.41. The van der Waals surface area contributed by atoms with Crippen LogP contribution in [0.2, 0.25) is 0 Å². The molecule has 0 amide bonds. The zero-order valence-corrected chi connectivity index (χ0v) is 11.2. The van der Waals surface area contributed by atoms with Crippen LogP contribution in [0.15, 0.2) is 18.2 Å². The van der Waals surface area contributed by atoms with Crippen LogP contribution in [0.25, 0.3) is 0 Å². The standard InChI is InChI=1S/C15H22N2O2/c16-10-12(13-3-1-2-6-17-13)11-4-5-14-15(9-11)19-8-7-18-14/h4-5,9,12-13,17H,1-3,6-8,10,16H2. The van der Waals surface area contributed by atoms with Gasteiger partial charge in [-0.1, -0.05) is 12.5 Å². The number of fused-ring (bicyclic) bond motifs is 1. The maximum absolute atomic E-state index is 6.00. The average Bonchev–Trinajstić information content (AvgIpc) is 2.49. The van der Waals surface area contributed by atoms with Crippen molar-refractivity contribution in [2.45, 2.75) is 31.2 Å².